The third-order valence-corrected chi connectivity index (χ3v) is 5.39. The van der Waals surface area contributed by atoms with Gasteiger partial charge in [-0.15, -0.1) is 0 Å². The molecule has 1 unspecified atom stereocenters. The van der Waals surface area contributed by atoms with E-state index >= 15 is 0 Å². The van der Waals surface area contributed by atoms with Crippen LogP contribution in [-0.4, -0.2) is 29.6 Å². The number of benzene rings is 3. The topological polar surface area (TPSA) is 92.9 Å². The maximum Gasteiger partial charge on any atom is 0.305 e. The Morgan fingerprint density at radius 3 is 2.42 bits per heavy atom. The van der Waals surface area contributed by atoms with Crippen molar-refractivity contribution in [2.45, 2.75) is 25.5 Å². The minimum absolute atomic E-state index is 0.367. The van der Waals surface area contributed by atoms with Crippen molar-refractivity contribution in [1.82, 2.24) is 0 Å². The van der Waals surface area contributed by atoms with Gasteiger partial charge in [-0.3, -0.25) is 9.59 Å². The molecule has 3 aromatic rings. The molecule has 3 aromatic carbocycles. The summed E-state index contributed by atoms with van der Waals surface area (Å²) in [4.78, 5) is 24.9. The highest BCUT2D eigenvalue weighted by atomic mass is 16.5. The summed E-state index contributed by atoms with van der Waals surface area (Å²) in [5, 5.41) is 8.87. The van der Waals surface area contributed by atoms with E-state index < -0.39 is 12.0 Å². The fourth-order valence-electron chi connectivity index (χ4n) is 3.76. The Hall–Kier alpha value is -3.64. The average molecular weight is 416 g/mol. The van der Waals surface area contributed by atoms with E-state index in [0.29, 0.717) is 19.6 Å². The minimum atomic E-state index is -1.08. The number of nitrogens with zero attached hydrogens (tertiary/aromatic N) is 1. The molecule has 0 saturated heterocycles. The molecule has 0 spiro atoms. The summed E-state index contributed by atoms with van der Waals surface area (Å²) in [6, 6.07) is 23.0. The zero-order chi connectivity index (χ0) is 21.8. The Kier molecular flexibility index (Phi) is 6.00. The summed E-state index contributed by atoms with van der Waals surface area (Å²) in [5.41, 5.74) is 10.9. The number of anilines is 1. The number of carbonyl (C=O) groups is 2. The van der Waals surface area contributed by atoms with Crippen LogP contribution < -0.4 is 15.4 Å². The van der Waals surface area contributed by atoms with Crippen molar-refractivity contribution in [3.8, 4) is 16.9 Å². The molecule has 6 heteroatoms. The van der Waals surface area contributed by atoms with Crippen LogP contribution in [0.5, 0.6) is 5.75 Å². The lowest BCUT2D eigenvalue weighted by Gasteiger charge is -2.21. The molecular weight excluding hydrogens is 392 g/mol. The lowest BCUT2D eigenvalue weighted by Crippen LogP contribution is -2.44. The second-order valence-corrected chi connectivity index (χ2v) is 7.59. The number of hydrogen-bond acceptors (Lipinski definition) is 4. The van der Waals surface area contributed by atoms with Crippen molar-refractivity contribution in [3.63, 3.8) is 0 Å². The van der Waals surface area contributed by atoms with Crippen LogP contribution in [0.15, 0.2) is 72.8 Å². The SMILES string of the molecule is NC(CC(=O)O)C(=O)N1CCc2cc(OCc3ccc(-c4ccccc4)cc3)ccc21. The number of amides is 1. The zero-order valence-corrected chi connectivity index (χ0v) is 17.0. The van der Waals surface area contributed by atoms with Gasteiger partial charge in [-0.1, -0.05) is 54.6 Å². The molecule has 31 heavy (non-hydrogen) atoms. The number of rotatable bonds is 7. The molecule has 0 radical (unpaired) electrons. The first-order valence-corrected chi connectivity index (χ1v) is 10.2. The van der Waals surface area contributed by atoms with Crippen molar-refractivity contribution in [2.75, 3.05) is 11.4 Å². The molecule has 158 valence electrons. The van der Waals surface area contributed by atoms with Gasteiger partial charge in [0.05, 0.1) is 12.5 Å². The second-order valence-electron chi connectivity index (χ2n) is 7.59. The molecule has 0 aliphatic carbocycles. The molecule has 0 saturated carbocycles. The monoisotopic (exact) mass is 416 g/mol. The molecule has 0 fully saturated rings. The lowest BCUT2D eigenvalue weighted by atomic mass is 10.0. The first-order valence-electron chi connectivity index (χ1n) is 10.2. The average Bonchev–Trinajstić information content (AvgIpc) is 3.21. The first-order chi connectivity index (χ1) is 15.0. The first kappa shape index (κ1) is 20.6. The molecule has 6 nitrogen and oxygen atoms in total. The molecule has 0 bridgehead atoms. The molecule has 1 atom stereocenters. The Balaban J connectivity index is 1.39. The van der Waals surface area contributed by atoms with E-state index in [2.05, 4.69) is 36.4 Å². The van der Waals surface area contributed by atoms with Gasteiger partial charge in [-0.05, 0) is 46.9 Å². The van der Waals surface area contributed by atoms with Gasteiger partial charge in [0.25, 0.3) is 0 Å². The van der Waals surface area contributed by atoms with Crippen LogP contribution in [0.4, 0.5) is 5.69 Å². The highest BCUT2D eigenvalue weighted by Crippen LogP contribution is 2.32. The summed E-state index contributed by atoms with van der Waals surface area (Å²) in [6.45, 7) is 0.936. The number of nitrogens with two attached hydrogens (primary N) is 1. The van der Waals surface area contributed by atoms with Crippen LogP contribution in [0.2, 0.25) is 0 Å². The van der Waals surface area contributed by atoms with Gasteiger partial charge in [0.2, 0.25) is 5.91 Å². The number of ether oxygens (including phenoxy) is 1. The third-order valence-electron chi connectivity index (χ3n) is 5.39. The number of fused-ring (bicyclic) bond motifs is 1. The predicted molar refractivity (Wildman–Crippen MR) is 119 cm³/mol. The van der Waals surface area contributed by atoms with Crippen LogP contribution in [0.25, 0.3) is 11.1 Å². The van der Waals surface area contributed by atoms with Crippen LogP contribution in [0.1, 0.15) is 17.5 Å². The van der Waals surface area contributed by atoms with Crippen molar-refractivity contribution >= 4 is 17.6 Å². The standard InChI is InChI=1S/C25H24N2O4/c26-22(15-24(28)29)25(30)27-13-12-20-14-21(10-11-23(20)27)31-16-17-6-8-19(9-7-17)18-4-2-1-3-5-18/h1-11,14,22H,12-13,15-16,26H2,(H,28,29). The molecular formula is C25H24N2O4. The van der Waals surface area contributed by atoms with Gasteiger partial charge in [0.1, 0.15) is 12.4 Å². The van der Waals surface area contributed by atoms with E-state index in [1.165, 1.54) is 5.56 Å². The second kappa shape index (κ2) is 9.02. The van der Waals surface area contributed by atoms with E-state index in [1.54, 1.807) is 4.90 Å². The predicted octanol–water partition coefficient (Wildman–Crippen LogP) is 3.62. The van der Waals surface area contributed by atoms with E-state index in [9.17, 15) is 9.59 Å². The number of hydrogen-bond donors (Lipinski definition) is 2. The Morgan fingerprint density at radius 2 is 1.71 bits per heavy atom. The molecule has 4 rings (SSSR count). The minimum Gasteiger partial charge on any atom is -0.489 e. The normalized spacial score (nSPS) is 13.5. The number of carboxylic acids is 1. The molecule has 1 aliphatic rings. The fraction of sp³-hybridized carbons (Fsp3) is 0.200. The largest absolute Gasteiger partial charge is 0.489 e. The van der Waals surface area contributed by atoms with Crippen LogP contribution >= 0.6 is 0 Å². The van der Waals surface area contributed by atoms with Crippen molar-refractivity contribution in [1.29, 1.82) is 0 Å². The summed E-state index contributed by atoms with van der Waals surface area (Å²) in [7, 11) is 0. The molecule has 1 aliphatic heterocycles. The maximum absolute atomic E-state index is 12.5. The molecule has 3 N–H and O–H groups in total. The van der Waals surface area contributed by atoms with Gasteiger partial charge >= 0.3 is 5.97 Å². The van der Waals surface area contributed by atoms with Crippen LogP contribution in [0, 0.1) is 0 Å². The smallest absolute Gasteiger partial charge is 0.305 e. The molecule has 1 heterocycles. The Bertz CT molecular complexity index is 1080. The summed E-state index contributed by atoms with van der Waals surface area (Å²) in [5.74, 6) is -0.718. The number of carboxylic acid groups (broad SMARTS) is 1. The van der Waals surface area contributed by atoms with Gasteiger partial charge in [0, 0.05) is 12.2 Å². The molecule has 1 amide bonds. The highest BCUT2D eigenvalue weighted by molar-refractivity contribution is 6.00. The van der Waals surface area contributed by atoms with E-state index in [-0.39, 0.29) is 12.3 Å². The van der Waals surface area contributed by atoms with E-state index in [1.807, 2.05) is 36.4 Å². The Morgan fingerprint density at radius 1 is 1.00 bits per heavy atom. The van der Waals surface area contributed by atoms with Gasteiger partial charge in [0.15, 0.2) is 0 Å². The van der Waals surface area contributed by atoms with E-state index in [4.69, 9.17) is 15.6 Å². The van der Waals surface area contributed by atoms with Crippen molar-refractivity contribution in [2.24, 2.45) is 5.73 Å². The van der Waals surface area contributed by atoms with Crippen molar-refractivity contribution in [3.05, 3.63) is 83.9 Å². The third kappa shape index (κ3) is 4.75. The number of aliphatic carboxylic acids is 1. The zero-order valence-electron chi connectivity index (χ0n) is 17.0. The number of carbonyl (C=O) groups excluding carboxylic acids is 1. The lowest BCUT2D eigenvalue weighted by molar-refractivity contribution is -0.139. The summed E-state index contributed by atoms with van der Waals surface area (Å²) < 4.78 is 5.95. The summed E-state index contributed by atoms with van der Waals surface area (Å²) >= 11 is 0. The van der Waals surface area contributed by atoms with E-state index in [0.717, 1.165) is 28.1 Å². The summed E-state index contributed by atoms with van der Waals surface area (Å²) in [6.07, 6.45) is 0.304. The quantitative estimate of drug-likeness (QED) is 0.614. The highest BCUT2D eigenvalue weighted by Gasteiger charge is 2.29. The Labute approximate surface area is 180 Å². The van der Waals surface area contributed by atoms with Crippen LogP contribution in [0.3, 0.4) is 0 Å². The molecule has 0 aromatic heterocycles. The maximum atomic E-state index is 12.5. The van der Waals surface area contributed by atoms with Gasteiger partial charge in [-0.25, -0.2) is 0 Å². The van der Waals surface area contributed by atoms with Gasteiger partial charge < -0.3 is 20.5 Å². The van der Waals surface area contributed by atoms with Gasteiger partial charge in [-0.2, -0.15) is 0 Å². The fourth-order valence-corrected chi connectivity index (χ4v) is 3.76. The van der Waals surface area contributed by atoms with Crippen molar-refractivity contribution < 1.29 is 19.4 Å². The van der Waals surface area contributed by atoms with Crippen LogP contribution in [-0.2, 0) is 22.6 Å².